The fraction of sp³-hybridized carbons (Fsp3) is 0.250. The molecule has 0 aliphatic carbocycles. The van der Waals surface area contributed by atoms with E-state index in [1.165, 1.54) is 16.9 Å². The zero-order valence-corrected chi connectivity index (χ0v) is 19.1. The van der Waals surface area contributed by atoms with Gasteiger partial charge < -0.3 is 4.74 Å². The van der Waals surface area contributed by atoms with Crippen LogP contribution in [-0.2, 0) is 12.0 Å². The van der Waals surface area contributed by atoms with Crippen LogP contribution in [0.5, 0.6) is 5.75 Å². The lowest BCUT2D eigenvalue weighted by molar-refractivity contribution is 0.0955. The first kappa shape index (κ1) is 22.1. The molecule has 3 rings (SSSR count). The summed E-state index contributed by atoms with van der Waals surface area (Å²) in [5.74, 6) is 0.561. The molecule has 3 aromatic rings. The number of carbonyl (C=O) groups excluding carboxylic acids is 1. The molecule has 0 atom stereocenters. The van der Waals surface area contributed by atoms with Crippen molar-refractivity contribution in [1.29, 1.82) is 0 Å². The number of hydrogen-bond acceptors (Lipinski definition) is 4. The molecule has 0 bridgehead atoms. The second-order valence-electron chi connectivity index (χ2n) is 8.00. The van der Waals surface area contributed by atoms with Gasteiger partial charge in [-0.2, -0.15) is 5.10 Å². The predicted octanol–water partition coefficient (Wildman–Crippen LogP) is 6.43. The minimum absolute atomic E-state index is 0.119. The highest BCUT2D eigenvalue weighted by molar-refractivity contribution is 7.18. The Kier molecular flexibility index (Phi) is 6.95. The highest BCUT2D eigenvalue weighted by Gasteiger charge is 2.13. The summed E-state index contributed by atoms with van der Waals surface area (Å²) in [4.78, 5) is 13.2. The lowest BCUT2D eigenvalue weighted by Crippen LogP contribution is -2.19. The molecule has 0 radical (unpaired) electrons. The second kappa shape index (κ2) is 9.45. The molecule has 1 amide bonds. The van der Waals surface area contributed by atoms with Gasteiger partial charge in [-0.1, -0.05) is 56.6 Å². The van der Waals surface area contributed by atoms with Gasteiger partial charge in [0.2, 0.25) is 0 Å². The van der Waals surface area contributed by atoms with E-state index in [9.17, 15) is 4.79 Å². The first-order valence-corrected chi connectivity index (χ1v) is 10.8. The highest BCUT2D eigenvalue weighted by atomic mass is 35.5. The van der Waals surface area contributed by atoms with Gasteiger partial charge in [0.25, 0.3) is 5.91 Å². The van der Waals surface area contributed by atoms with Crippen LogP contribution in [0.4, 0.5) is 0 Å². The zero-order chi connectivity index (χ0) is 21.7. The third-order valence-corrected chi connectivity index (χ3v) is 5.94. The van der Waals surface area contributed by atoms with Crippen molar-refractivity contribution in [3.05, 3.63) is 86.6 Å². The Bertz CT molecular complexity index is 1030. The molecule has 0 aliphatic rings. The first-order chi connectivity index (χ1) is 14.2. The van der Waals surface area contributed by atoms with Crippen LogP contribution < -0.4 is 10.2 Å². The molecule has 1 N–H and O–H groups in total. The molecule has 0 saturated heterocycles. The molecule has 4 nitrogen and oxygen atoms in total. The molecule has 30 heavy (non-hydrogen) atoms. The van der Waals surface area contributed by atoms with Crippen LogP contribution in [0.15, 0.2) is 65.8 Å². The molecule has 0 saturated carbocycles. The van der Waals surface area contributed by atoms with E-state index < -0.39 is 0 Å². The average Bonchev–Trinajstić information content (AvgIpc) is 3.16. The topological polar surface area (TPSA) is 50.7 Å². The van der Waals surface area contributed by atoms with Crippen LogP contribution in [0, 0.1) is 0 Å². The summed E-state index contributed by atoms with van der Waals surface area (Å²) < 4.78 is 6.55. The van der Waals surface area contributed by atoms with Crippen molar-refractivity contribution in [1.82, 2.24) is 5.43 Å². The number of nitrogens with zero attached hydrogens (tertiary/aromatic N) is 1. The minimum atomic E-state index is -0.262. The van der Waals surface area contributed by atoms with E-state index >= 15 is 0 Å². The Hall–Kier alpha value is -2.63. The van der Waals surface area contributed by atoms with Gasteiger partial charge in [0.1, 0.15) is 12.4 Å². The maximum atomic E-state index is 12.3. The molecular formula is C24H25ClN2O2S. The third-order valence-electron chi connectivity index (χ3n) is 4.60. The number of halogens is 1. The number of amides is 1. The van der Waals surface area contributed by atoms with E-state index in [1.54, 1.807) is 12.1 Å². The van der Waals surface area contributed by atoms with Crippen molar-refractivity contribution < 1.29 is 9.53 Å². The quantitative estimate of drug-likeness (QED) is 0.354. The molecule has 6 heteroatoms. The van der Waals surface area contributed by atoms with Crippen molar-refractivity contribution in [3.8, 4) is 5.75 Å². The van der Waals surface area contributed by atoms with E-state index in [0.717, 1.165) is 16.2 Å². The Morgan fingerprint density at radius 3 is 2.27 bits per heavy atom. The van der Waals surface area contributed by atoms with Crippen molar-refractivity contribution in [2.24, 2.45) is 5.10 Å². The van der Waals surface area contributed by atoms with Crippen LogP contribution in [0.2, 0.25) is 4.34 Å². The van der Waals surface area contributed by atoms with E-state index in [-0.39, 0.29) is 11.3 Å². The summed E-state index contributed by atoms with van der Waals surface area (Å²) in [6.07, 6.45) is 0. The van der Waals surface area contributed by atoms with Crippen LogP contribution in [0.25, 0.3) is 0 Å². The number of hydrogen-bond donors (Lipinski definition) is 1. The molecule has 0 unspecified atom stereocenters. The Labute approximate surface area is 186 Å². The largest absolute Gasteiger partial charge is 0.489 e. The fourth-order valence-corrected chi connectivity index (χ4v) is 3.72. The zero-order valence-electron chi connectivity index (χ0n) is 17.5. The normalized spacial score (nSPS) is 12.0. The number of hydrazone groups is 1. The van der Waals surface area contributed by atoms with Gasteiger partial charge >= 0.3 is 0 Å². The molecule has 1 heterocycles. The summed E-state index contributed by atoms with van der Waals surface area (Å²) in [7, 11) is 0. The number of thiophene rings is 1. The summed E-state index contributed by atoms with van der Waals surface area (Å²) in [6.45, 7) is 8.82. The summed E-state index contributed by atoms with van der Waals surface area (Å²) in [5, 5.41) is 4.15. The van der Waals surface area contributed by atoms with Gasteiger partial charge in [-0.05, 0) is 59.9 Å². The third kappa shape index (κ3) is 5.94. The van der Waals surface area contributed by atoms with Crippen molar-refractivity contribution in [3.63, 3.8) is 0 Å². The summed E-state index contributed by atoms with van der Waals surface area (Å²) in [5.41, 5.74) is 6.20. The minimum Gasteiger partial charge on any atom is -0.489 e. The number of nitrogens with one attached hydrogen (secondary N) is 1. The Morgan fingerprint density at radius 1 is 1.03 bits per heavy atom. The molecule has 0 spiro atoms. The van der Waals surface area contributed by atoms with Gasteiger partial charge in [-0.25, -0.2) is 5.43 Å². The molecule has 0 aliphatic heterocycles. The number of benzene rings is 2. The summed E-state index contributed by atoms with van der Waals surface area (Å²) in [6, 6.07) is 19.2. The molecule has 1 aromatic heterocycles. The van der Waals surface area contributed by atoms with E-state index in [4.69, 9.17) is 16.3 Å². The second-order valence-corrected chi connectivity index (χ2v) is 9.72. The monoisotopic (exact) mass is 440 g/mol. The van der Waals surface area contributed by atoms with Crippen molar-refractivity contribution in [2.45, 2.75) is 39.7 Å². The maximum absolute atomic E-state index is 12.3. The number of carbonyl (C=O) groups is 1. The first-order valence-electron chi connectivity index (χ1n) is 9.65. The smallest absolute Gasteiger partial charge is 0.271 e. The number of rotatable bonds is 6. The summed E-state index contributed by atoms with van der Waals surface area (Å²) >= 11 is 7.35. The van der Waals surface area contributed by atoms with Gasteiger partial charge in [0.05, 0.1) is 14.9 Å². The molecule has 0 fully saturated rings. The van der Waals surface area contributed by atoms with E-state index in [2.05, 4.69) is 43.4 Å². The number of ether oxygens (including phenoxy) is 1. The van der Waals surface area contributed by atoms with Gasteiger partial charge in [-0.15, -0.1) is 11.3 Å². The average molecular weight is 441 g/mol. The standard InChI is InChI=1S/C24H25ClN2O2S/c1-16(21-13-14-22(25)30-21)26-27-23(28)18-7-5-17(6-8-18)15-29-20-11-9-19(10-12-20)24(2,3)4/h5-14H,15H2,1-4H3,(H,27,28). The van der Waals surface area contributed by atoms with Crippen LogP contribution in [-0.4, -0.2) is 11.6 Å². The lowest BCUT2D eigenvalue weighted by Gasteiger charge is -2.19. The van der Waals surface area contributed by atoms with E-state index in [0.29, 0.717) is 22.2 Å². The highest BCUT2D eigenvalue weighted by Crippen LogP contribution is 2.25. The van der Waals surface area contributed by atoms with Gasteiger partial charge in [0.15, 0.2) is 0 Å². The van der Waals surface area contributed by atoms with Crippen molar-refractivity contribution >= 4 is 34.6 Å². The fourth-order valence-electron chi connectivity index (χ4n) is 2.73. The van der Waals surface area contributed by atoms with Gasteiger partial charge in [0, 0.05) is 5.56 Å². The lowest BCUT2D eigenvalue weighted by atomic mass is 9.87. The predicted molar refractivity (Wildman–Crippen MR) is 125 cm³/mol. The van der Waals surface area contributed by atoms with Crippen molar-refractivity contribution in [2.75, 3.05) is 0 Å². The SMILES string of the molecule is CC(=NNC(=O)c1ccc(COc2ccc(C(C)(C)C)cc2)cc1)c1ccc(Cl)s1. The maximum Gasteiger partial charge on any atom is 0.271 e. The Morgan fingerprint density at radius 2 is 1.70 bits per heavy atom. The van der Waals surface area contributed by atoms with Crippen LogP contribution in [0.1, 0.15) is 54.1 Å². The van der Waals surface area contributed by atoms with E-state index in [1.807, 2.05) is 43.3 Å². The van der Waals surface area contributed by atoms with Crippen LogP contribution >= 0.6 is 22.9 Å². The molecule has 2 aromatic carbocycles. The van der Waals surface area contributed by atoms with Crippen LogP contribution in [0.3, 0.4) is 0 Å². The molecule has 156 valence electrons. The van der Waals surface area contributed by atoms with Gasteiger partial charge in [-0.3, -0.25) is 4.79 Å². The molecular weight excluding hydrogens is 416 g/mol. The Balaban J connectivity index is 1.54.